The molecule has 15 heavy (non-hydrogen) atoms. The molecule has 0 bridgehead atoms. The fraction of sp³-hybridized carbons (Fsp3) is 0.222. The molecule has 5 nitrogen and oxygen atoms in total. The maximum atomic E-state index is 4.31. The van der Waals surface area contributed by atoms with Crippen LogP contribution in [0.15, 0.2) is 29.4 Å². The maximum Gasteiger partial charge on any atom is 0.159 e. The van der Waals surface area contributed by atoms with Gasteiger partial charge in [0, 0.05) is 22.8 Å². The van der Waals surface area contributed by atoms with Gasteiger partial charge in [0.15, 0.2) is 5.82 Å². The van der Waals surface area contributed by atoms with Crippen LogP contribution < -0.4 is 5.32 Å². The second-order valence-electron chi connectivity index (χ2n) is 3.01. The van der Waals surface area contributed by atoms with Crippen molar-refractivity contribution in [1.82, 2.24) is 25.1 Å². The van der Waals surface area contributed by atoms with Crippen LogP contribution in [-0.4, -0.2) is 26.8 Å². The Hall–Kier alpha value is -1.27. The third kappa shape index (κ3) is 2.21. The average molecular weight is 268 g/mol. The highest BCUT2D eigenvalue weighted by Gasteiger charge is 2.06. The topological polar surface area (TPSA) is 55.6 Å². The smallest absolute Gasteiger partial charge is 0.159 e. The summed E-state index contributed by atoms with van der Waals surface area (Å²) < 4.78 is 2.61. The lowest BCUT2D eigenvalue weighted by Gasteiger charge is -2.07. The molecular formula is C9H10BrN5. The van der Waals surface area contributed by atoms with E-state index in [1.807, 2.05) is 13.1 Å². The zero-order chi connectivity index (χ0) is 10.7. The van der Waals surface area contributed by atoms with Crippen molar-refractivity contribution in [1.29, 1.82) is 0 Å². The predicted molar refractivity (Wildman–Crippen MR) is 59.6 cm³/mol. The Morgan fingerprint density at radius 3 is 3.07 bits per heavy atom. The van der Waals surface area contributed by atoms with Crippen molar-refractivity contribution >= 4 is 15.9 Å². The Balaban J connectivity index is 2.46. The Morgan fingerprint density at radius 1 is 1.53 bits per heavy atom. The number of hydrogen-bond donors (Lipinski definition) is 1. The van der Waals surface area contributed by atoms with Gasteiger partial charge in [-0.3, -0.25) is 0 Å². The molecule has 2 aromatic rings. The van der Waals surface area contributed by atoms with Crippen LogP contribution in [-0.2, 0) is 6.54 Å². The van der Waals surface area contributed by atoms with Gasteiger partial charge < -0.3 is 5.32 Å². The normalized spacial score (nSPS) is 10.5. The van der Waals surface area contributed by atoms with Gasteiger partial charge in [0.2, 0.25) is 0 Å². The second-order valence-corrected chi connectivity index (χ2v) is 3.92. The van der Waals surface area contributed by atoms with Crippen molar-refractivity contribution in [3.8, 4) is 5.82 Å². The summed E-state index contributed by atoms with van der Waals surface area (Å²) in [6.45, 7) is 0.738. The summed E-state index contributed by atoms with van der Waals surface area (Å²) in [4.78, 5) is 8.21. The van der Waals surface area contributed by atoms with Crippen molar-refractivity contribution < 1.29 is 0 Å². The number of hydrogen-bond acceptors (Lipinski definition) is 4. The number of rotatable bonds is 3. The first kappa shape index (κ1) is 10.3. The van der Waals surface area contributed by atoms with Crippen molar-refractivity contribution in [2.45, 2.75) is 6.54 Å². The Labute approximate surface area is 95.7 Å². The van der Waals surface area contributed by atoms with E-state index in [1.165, 1.54) is 6.33 Å². The average Bonchev–Trinajstić information content (AvgIpc) is 2.71. The summed E-state index contributed by atoms with van der Waals surface area (Å²) in [6.07, 6.45) is 4.87. The zero-order valence-electron chi connectivity index (χ0n) is 8.18. The van der Waals surface area contributed by atoms with Crippen molar-refractivity contribution in [2.24, 2.45) is 0 Å². The fourth-order valence-corrected chi connectivity index (χ4v) is 1.70. The number of nitrogens with one attached hydrogen (secondary N) is 1. The molecule has 2 aromatic heterocycles. The van der Waals surface area contributed by atoms with Gasteiger partial charge in [-0.05, 0) is 29.0 Å². The molecule has 0 fully saturated rings. The van der Waals surface area contributed by atoms with Crippen LogP contribution in [0.2, 0.25) is 0 Å². The van der Waals surface area contributed by atoms with Crippen LogP contribution in [0.5, 0.6) is 0 Å². The molecule has 2 heterocycles. The van der Waals surface area contributed by atoms with Gasteiger partial charge >= 0.3 is 0 Å². The molecule has 0 spiro atoms. The summed E-state index contributed by atoms with van der Waals surface area (Å²) in [5.41, 5.74) is 1.07. The van der Waals surface area contributed by atoms with E-state index in [0.29, 0.717) is 0 Å². The summed E-state index contributed by atoms with van der Waals surface area (Å²) >= 11 is 3.39. The van der Waals surface area contributed by atoms with Gasteiger partial charge in [0.05, 0.1) is 0 Å². The minimum atomic E-state index is 0.738. The lowest BCUT2D eigenvalue weighted by Crippen LogP contribution is -2.11. The van der Waals surface area contributed by atoms with Crippen LogP contribution in [0.25, 0.3) is 5.82 Å². The molecule has 2 rings (SSSR count). The molecule has 0 radical (unpaired) electrons. The van der Waals surface area contributed by atoms with Crippen molar-refractivity contribution in [2.75, 3.05) is 7.05 Å². The molecule has 78 valence electrons. The highest BCUT2D eigenvalue weighted by molar-refractivity contribution is 9.10. The number of nitrogens with zero attached hydrogens (tertiary/aromatic N) is 4. The second kappa shape index (κ2) is 4.50. The lowest BCUT2D eigenvalue weighted by molar-refractivity contribution is 0.769. The monoisotopic (exact) mass is 267 g/mol. The molecule has 0 saturated carbocycles. The van der Waals surface area contributed by atoms with E-state index in [9.17, 15) is 0 Å². The van der Waals surface area contributed by atoms with Gasteiger partial charge in [0.1, 0.15) is 12.7 Å². The molecule has 0 aliphatic rings. The minimum Gasteiger partial charge on any atom is -0.316 e. The third-order valence-electron chi connectivity index (χ3n) is 1.91. The lowest BCUT2D eigenvalue weighted by atomic mass is 10.2. The summed E-state index contributed by atoms with van der Waals surface area (Å²) in [7, 11) is 1.89. The third-order valence-corrected chi connectivity index (χ3v) is 2.35. The molecule has 0 unspecified atom stereocenters. The summed E-state index contributed by atoms with van der Waals surface area (Å²) in [5.74, 6) is 0.796. The molecule has 0 aliphatic heterocycles. The Morgan fingerprint density at radius 2 is 2.40 bits per heavy atom. The summed E-state index contributed by atoms with van der Waals surface area (Å²) in [5, 5.41) is 7.15. The van der Waals surface area contributed by atoms with Gasteiger partial charge in [-0.2, -0.15) is 5.10 Å². The van der Waals surface area contributed by atoms with Gasteiger partial charge in [-0.1, -0.05) is 0 Å². The van der Waals surface area contributed by atoms with Crippen LogP contribution in [0.3, 0.4) is 0 Å². The highest BCUT2D eigenvalue weighted by atomic mass is 79.9. The highest BCUT2D eigenvalue weighted by Crippen LogP contribution is 2.16. The van der Waals surface area contributed by atoms with Gasteiger partial charge in [-0.25, -0.2) is 14.6 Å². The predicted octanol–water partition coefficient (Wildman–Crippen LogP) is 1.14. The zero-order valence-corrected chi connectivity index (χ0v) is 9.77. The van der Waals surface area contributed by atoms with Gasteiger partial charge in [0.25, 0.3) is 0 Å². The van der Waals surface area contributed by atoms with E-state index in [4.69, 9.17) is 0 Å². The van der Waals surface area contributed by atoms with Crippen LogP contribution >= 0.6 is 15.9 Å². The standard InChI is InChI=1S/C9H10BrN5/c1-11-3-7-2-8(10)4-13-9(7)15-6-12-5-14-15/h2,4-6,11H,3H2,1H3. The van der Waals surface area contributed by atoms with E-state index in [2.05, 4.69) is 36.3 Å². The SMILES string of the molecule is CNCc1cc(Br)cnc1-n1cncn1. The molecule has 0 aliphatic carbocycles. The number of pyridine rings is 1. The van der Waals surface area contributed by atoms with Crippen LogP contribution in [0, 0.1) is 0 Å². The Bertz CT molecular complexity index is 440. The van der Waals surface area contributed by atoms with E-state index in [0.717, 1.165) is 22.4 Å². The van der Waals surface area contributed by atoms with Crippen LogP contribution in [0.1, 0.15) is 5.56 Å². The number of halogens is 1. The molecule has 0 saturated heterocycles. The quantitative estimate of drug-likeness (QED) is 0.907. The fourth-order valence-electron chi connectivity index (χ4n) is 1.32. The Kier molecular flexibility index (Phi) is 3.08. The molecular weight excluding hydrogens is 258 g/mol. The van der Waals surface area contributed by atoms with Gasteiger partial charge in [-0.15, -0.1) is 0 Å². The van der Waals surface area contributed by atoms with Crippen molar-refractivity contribution in [3.63, 3.8) is 0 Å². The first-order valence-corrected chi connectivity index (χ1v) is 5.24. The summed E-state index contributed by atoms with van der Waals surface area (Å²) in [6, 6.07) is 2.01. The van der Waals surface area contributed by atoms with E-state index in [-0.39, 0.29) is 0 Å². The first-order valence-electron chi connectivity index (χ1n) is 4.45. The van der Waals surface area contributed by atoms with E-state index >= 15 is 0 Å². The van der Waals surface area contributed by atoms with Crippen molar-refractivity contribution in [3.05, 3.63) is 35.0 Å². The molecule has 0 aromatic carbocycles. The molecule has 1 N–H and O–H groups in total. The maximum absolute atomic E-state index is 4.31. The number of aromatic nitrogens is 4. The molecule has 0 amide bonds. The van der Waals surface area contributed by atoms with E-state index < -0.39 is 0 Å². The molecule has 0 atom stereocenters. The van der Waals surface area contributed by atoms with E-state index in [1.54, 1.807) is 17.2 Å². The minimum absolute atomic E-state index is 0.738. The first-order chi connectivity index (χ1) is 7.31. The molecule has 6 heteroatoms. The largest absolute Gasteiger partial charge is 0.316 e. The van der Waals surface area contributed by atoms with Crippen LogP contribution in [0.4, 0.5) is 0 Å².